The summed E-state index contributed by atoms with van der Waals surface area (Å²) in [6.07, 6.45) is 4.61. The van der Waals surface area contributed by atoms with Crippen LogP contribution < -0.4 is 18.9 Å². The van der Waals surface area contributed by atoms with Gasteiger partial charge in [0.25, 0.3) is 0 Å². The molecule has 0 fully saturated rings. The Bertz CT molecular complexity index is 1210. The molecule has 0 saturated heterocycles. The lowest BCUT2D eigenvalue weighted by Crippen LogP contribution is -2.17. The van der Waals surface area contributed by atoms with Gasteiger partial charge in [-0.1, -0.05) is 40.0 Å². The average Bonchev–Trinajstić information content (AvgIpc) is 2.87. The van der Waals surface area contributed by atoms with Gasteiger partial charge in [-0.2, -0.15) is 0 Å². The zero-order valence-electron chi connectivity index (χ0n) is 25.6. The van der Waals surface area contributed by atoms with Crippen LogP contribution in [0.15, 0.2) is 0 Å². The van der Waals surface area contributed by atoms with Crippen LogP contribution >= 0.6 is 0 Å². The van der Waals surface area contributed by atoms with Crippen LogP contribution in [0.5, 0.6) is 23.0 Å². The summed E-state index contributed by atoms with van der Waals surface area (Å²) in [4.78, 5) is 25.5. The minimum Gasteiger partial charge on any atom is -0.495 e. The van der Waals surface area contributed by atoms with E-state index in [1.807, 2.05) is 20.8 Å². The van der Waals surface area contributed by atoms with Crippen LogP contribution in [0.1, 0.15) is 101 Å². The van der Waals surface area contributed by atoms with E-state index < -0.39 is 11.9 Å². The second-order valence-electron chi connectivity index (χ2n) is 11.0. The minimum absolute atomic E-state index is 0.0588. The van der Waals surface area contributed by atoms with Crippen molar-refractivity contribution in [1.82, 2.24) is 0 Å². The number of aromatic carboxylic acids is 1. The first-order valence-corrected chi connectivity index (χ1v) is 13.7. The lowest BCUT2D eigenvalue weighted by Gasteiger charge is -2.23. The first-order valence-electron chi connectivity index (χ1n) is 13.7. The van der Waals surface area contributed by atoms with Crippen LogP contribution in [0.4, 0.5) is 0 Å². The van der Waals surface area contributed by atoms with E-state index in [4.69, 9.17) is 18.9 Å². The van der Waals surface area contributed by atoms with Crippen LogP contribution in [-0.4, -0.2) is 37.9 Å². The molecule has 1 atom stereocenters. The molecule has 0 bridgehead atoms. The molecule has 1 unspecified atom stereocenters. The number of carboxylic acid groups (broad SMARTS) is 1. The monoisotopic (exact) mass is 542 g/mol. The fourth-order valence-corrected chi connectivity index (χ4v) is 5.11. The molecule has 0 saturated carbocycles. The number of hydrogen-bond acceptors (Lipinski definition) is 6. The van der Waals surface area contributed by atoms with Crippen molar-refractivity contribution in [3.8, 4) is 23.0 Å². The van der Waals surface area contributed by atoms with E-state index in [1.54, 1.807) is 20.8 Å². The molecule has 7 nitrogen and oxygen atoms in total. The van der Waals surface area contributed by atoms with Crippen molar-refractivity contribution in [2.45, 2.75) is 88.0 Å². The average molecular weight is 543 g/mol. The summed E-state index contributed by atoms with van der Waals surface area (Å²) in [7, 11) is 2.93. The Labute approximate surface area is 233 Å². The molecule has 2 aromatic carbocycles. The van der Waals surface area contributed by atoms with Gasteiger partial charge in [0.15, 0.2) is 0 Å². The molecule has 0 spiro atoms. The molecule has 216 valence electrons. The Morgan fingerprint density at radius 1 is 0.667 bits per heavy atom. The maximum atomic E-state index is 13.6. The van der Waals surface area contributed by atoms with E-state index in [0.717, 1.165) is 29.2 Å². The largest absolute Gasteiger partial charge is 0.495 e. The van der Waals surface area contributed by atoms with Gasteiger partial charge in [0, 0.05) is 11.1 Å². The first-order chi connectivity index (χ1) is 18.3. The summed E-state index contributed by atoms with van der Waals surface area (Å²) in [5, 5.41) is 9.70. The van der Waals surface area contributed by atoms with Gasteiger partial charge in [-0.3, -0.25) is 0 Å². The Hall–Kier alpha value is -3.22. The SMILES string of the molecule is COc1c(C)c(OC(=O)c2c(C)c(C)c(OCCC(C)CCCC(C)C)c(C)c2OC)c(C)c(C)c1C(=O)O. The molecular formula is C32H46O7. The number of methoxy groups -OCH3 is 2. The molecule has 39 heavy (non-hydrogen) atoms. The highest BCUT2D eigenvalue weighted by molar-refractivity contribution is 5.98. The molecule has 0 aromatic heterocycles. The number of ether oxygens (including phenoxy) is 4. The van der Waals surface area contributed by atoms with Crippen molar-refractivity contribution < 1.29 is 33.6 Å². The van der Waals surface area contributed by atoms with Crippen molar-refractivity contribution in [3.63, 3.8) is 0 Å². The molecule has 0 heterocycles. The molecule has 0 aliphatic heterocycles. The highest BCUT2D eigenvalue weighted by atomic mass is 16.5. The summed E-state index contributed by atoms with van der Waals surface area (Å²) in [5.41, 5.74) is 4.17. The molecule has 2 rings (SSSR count). The second-order valence-corrected chi connectivity index (χ2v) is 11.0. The molecular weight excluding hydrogens is 496 g/mol. The van der Waals surface area contributed by atoms with Crippen LogP contribution in [0.2, 0.25) is 0 Å². The Kier molecular flexibility index (Phi) is 11.3. The number of hydrogen-bond donors (Lipinski definition) is 1. The quantitative estimate of drug-likeness (QED) is 0.205. The number of rotatable bonds is 13. The van der Waals surface area contributed by atoms with Crippen molar-refractivity contribution in [2.75, 3.05) is 20.8 Å². The third kappa shape index (κ3) is 7.06. The number of carbonyl (C=O) groups is 2. The van der Waals surface area contributed by atoms with Crippen LogP contribution in [0.25, 0.3) is 0 Å². The Morgan fingerprint density at radius 3 is 1.72 bits per heavy atom. The fourth-order valence-electron chi connectivity index (χ4n) is 5.11. The van der Waals surface area contributed by atoms with Crippen molar-refractivity contribution >= 4 is 11.9 Å². The molecule has 0 aliphatic rings. The van der Waals surface area contributed by atoms with Gasteiger partial charge in [-0.05, 0) is 82.1 Å². The summed E-state index contributed by atoms with van der Waals surface area (Å²) in [6.45, 7) is 18.1. The zero-order valence-corrected chi connectivity index (χ0v) is 25.6. The molecule has 7 heteroatoms. The van der Waals surface area contributed by atoms with Crippen molar-refractivity contribution in [3.05, 3.63) is 44.5 Å². The van der Waals surface area contributed by atoms with Crippen LogP contribution in [0.3, 0.4) is 0 Å². The maximum absolute atomic E-state index is 13.6. The summed E-state index contributed by atoms with van der Waals surface area (Å²) >= 11 is 0. The van der Waals surface area contributed by atoms with E-state index in [9.17, 15) is 14.7 Å². The van der Waals surface area contributed by atoms with Crippen LogP contribution in [-0.2, 0) is 0 Å². The Balaban J connectivity index is 2.38. The van der Waals surface area contributed by atoms with Gasteiger partial charge < -0.3 is 24.1 Å². The zero-order chi connectivity index (χ0) is 29.6. The summed E-state index contributed by atoms with van der Waals surface area (Å²) < 4.78 is 23.3. The van der Waals surface area contributed by atoms with Gasteiger partial charge >= 0.3 is 11.9 Å². The summed E-state index contributed by atoms with van der Waals surface area (Å²) in [6, 6.07) is 0. The predicted octanol–water partition coefficient (Wildman–Crippen LogP) is 7.70. The number of carboxylic acids is 1. The number of carbonyl (C=O) groups excluding carboxylic acids is 1. The fraction of sp³-hybridized carbons (Fsp3) is 0.562. The van der Waals surface area contributed by atoms with Gasteiger partial charge in [0.05, 0.1) is 20.8 Å². The molecule has 1 N–H and O–H groups in total. The third-order valence-electron chi connectivity index (χ3n) is 7.73. The predicted molar refractivity (Wildman–Crippen MR) is 154 cm³/mol. The van der Waals surface area contributed by atoms with Gasteiger partial charge in [0.2, 0.25) is 0 Å². The standard InChI is InChI=1S/C32H46O7/c1-17(2)13-12-14-18(3)15-16-38-27-21(6)20(5)26(30(37-11)23(27)8)32(35)39-28-22(7)19(4)25(31(33)34)29(36-10)24(28)9/h17-18H,12-16H2,1-11H3,(H,33,34). The van der Waals surface area contributed by atoms with E-state index in [2.05, 4.69) is 20.8 Å². The molecule has 0 amide bonds. The highest BCUT2D eigenvalue weighted by Gasteiger charge is 2.29. The maximum Gasteiger partial charge on any atom is 0.347 e. The van der Waals surface area contributed by atoms with Gasteiger partial charge in [-0.15, -0.1) is 0 Å². The van der Waals surface area contributed by atoms with Gasteiger partial charge in [-0.25, -0.2) is 9.59 Å². The molecule has 0 radical (unpaired) electrons. The van der Waals surface area contributed by atoms with E-state index >= 15 is 0 Å². The van der Waals surface area contributed by atoms with Crippen molar-refractivity contribution in [1.29, 1.82) is 0 Å². The van der Waals surface area contributed by atoms with E-state index in [-0.39, 0.29) is 17.1 Å². The highest BCUT2D eigenvalue weighted by Crippen LogP contribution is 2.41. The minimum atomic E-state index is -1.10. The Morgan fingerprint density at radius 2 is 1.18 bits per heavy atom. The number of esters is 1. The summed E-state index contributed by atoms with van der Waals surface area (Å²) in [5.74, 6) is 1.20. The topological polar surface area (TPSA) is 91.3 Å². The van der Waals surface area contributed by atoms with Gasteiger partial charge in [0.1, 0.15) is 34.1 Å². The van der Waals surface area contributed by atoms with Crippen molar-refractivity contribution in [2.24, 2.45) is 11.8 Å². The number of benzene rings is 2. The molecule has 2 aromatic rings. The first kappa shape index (κ1) is 32.0. The smallest absolute Gasteiger partial charge is 0.347 e. The van der Waals surface area contributed by atoms with Crippen LogP contribution in [0, 0.1) is 53.4 Å². The lowest BCUT2D eigenvalue weighted by atomic mass is 9.95. The third-order valence-corrected chi connectivity index (χ3v) is 7.73. The van der Waals surface area contributed by atoms with E-state index in [0.29, 0.717) is 46.1 Å². The normalized spacial score (nSPS) is 11.9. The molecule has 0 aliphatic carbocycles. The van der Waals surface area contributed by atoms with E-state index in [1.165, 1.54) is 33.5 Å². The second kappa shape index (κ2) is 13.7. The lowest BCUT2D eigenvalue weighted by molar-refractivity contribution is 0.0692.